The number of hydrogen-bond donors (Lipinski definition) is 1. The molecule has 0 spiro atoms. The van der Waals surface area contributed by atoms with Crippen LogP contribution in [0, 0.1) is 0 Å². The number of carboxylic acids is 1. The number of rotatable bonds is 1. The van der Waals surface area contributed by atoms with Gasteiger partial charge in [0.1, 0.15) is 0 Å². The van der Waals surface area contributed by atoms with Gasteiger partial charge < -0.3 is 5.11 Å². The van der Waals surface area contributed by atoms with Gasteiger partial charge in [-0.05, 0) is 16.8 Å². The quantitative estimate of drug-likeness (QED) is 0.734. The molecule has 1 N–H and O–H groups in total. The van der Waals surface area contributed by atoms with Crippen molar-refractivity contribution in [1.82, 2.24) is 0 Å². The maximum absolute atomic E-state index is 10.8. The Bertz CT molecular complexity index is 464. The SMILES string of the molecule is O=C(O)c1cccc2ccccc12.[NaH].[NaH]. The van der Waals surface area contributed by atoms with Crippen molar-refractivity contribution in [3.63, 3.8) is 0 Å². The molecule has 2 aromatic carbocycles. The molecular weight excluding hydrogens is 210 g/mol. The normalized spacial score (nSPS) is 8.80. The predicted molar refractivity (Wildman–Crippen MR) is 65.2 cm³/mol. The van der Waals surface area contributed by atoms with Gasteiger partial charge in [-0.1, -0.05) is 36.4 Å². The van der Waals surface area contributed by atoms with Crippen LogP contribution in [0.5, 0.6) is 0 Å². The molecule has 0 aliphatic carbocycles. The van der Waals surface area contributed by atoms with E-state index in [-0.39, 0.29) is 59.1 Å². The third-order valence-electron chi connectivity index (χ3n) is 2.02. The molecule has 0 radical (unpaired) electrons. The molecule has 0 aliphatic rings. The first-order chi connectivity index (χ1) is 6.29. The fourth-order valence-corrected chi connectivity index (χ4v) is 1.41. The van der Waals surface area contributed by atoms with Gasteiger partial charge in [-0.15, -0.1) is 0 Å². The molecule has 0 bridgehead atoms. The van der Waals surface area contributed by atoms with Crippen molar-refractivity contribution < 1.29 is 9.90 Å². The van der Waals surface area contributed by atoms with Crippen molar-refractivity contribution in [2.75, 3.05) is 0 Å². The van der Waals surface area contributed by atoms with E-state index in [4.69, 9.17) is 5.11 Å². The molecule has 0 saturated carbocycles. The van der Waals surface area contributed by atoms with Crippen molar-refractivity contribution in [3.05, 3.63) is 48.0 Å². The predicted octanol–water partition coefficient (Wildman–Crippen LogP) is 1.24. The Kier molecular flexibility index (Phi) is 6.76. The molecule has 2 rings (SSSR count). The van der Waals surface area contributed by atoms with E-state index in [0.29, 0.717) is 5.56 Å². The number of hydrogen-bond acceptors (Lipinski definition) is 1. The van der Waals surface area contributed by atoms with Crippen LogP contribution in [0.3, 0.4) is 0 Å². The summed E-state index contributed by atoms with van der Waals surface area (Å²) >= 11 is 0. The van der Waals surface area contributed by atoms with Crippen LogP contribution < -0.4 is 0 Å². The second-order valence-electron chi connectivity index (χ2n) is 2.83. The van der Waals surface area contributed by atoms with E-state index in [9.17, 15) is 4.79 Å². The van der Waals surface area contributed by atoms with E-state index >= 15 is 0 Å². The van der Waals surface area contributed by atoms with Gasteiger partial charge in [0.05, 0.1) is 5.56 Å². The van der Waals surface area contributed by atoms with Gasteiger partial charge in [0.15, 0.2) is 0 Å². The van der Waals surface area contributed by atoms with Gasteiger partial charge in [-0.3, -0.25) is 0 Å². The molecule has 0 aliphatic heterocycles. The Labute approximate surface area is 132 Å². The van der Waals surface area contributed by atoms with Crippen LogP contribution in [-0.2, 0) is 0 Å². The van der Waals surface area contributed by atoms with Crippen molar-refractivity contribution >= 4 is 75.9 Å². The molecule has 0 amide bonds. The summed E-state index contributed by atoms with van der Waals surface area (Å²) in [5.74, 6) is -0.878. The summed E-state index contributed by atoms with van der Waals surface area (Å²) in [4.78, 5) is 10.8. The maximum atomic E-state index is 10.8. The zero-order valence-corrected chi connectivity index (χ0v) is 6.90. The van der Waals surface area contributed by atoms with Crippen molar-refractivity contribution in [2.24, 2.45) is 0 Å². The van der Waals surface area contributed by atoms with Crippen LogP contribution in [0.2, 0.25) is 0 Å². The van der Waals surface area contributed by atoms with E-state index < -0.39 is 5.97 Å². The molecule has 15 heavy (non-hydrogen) atoms. The van der Waals surface area contributed by atoms with Crippen LogP contribution in [0.4, 0.5) is 0 Å². The summed E-state index contributed by atoms with van der Waals surface area (Å²) in [7, 11) is 0. The molecule has 0 unspecified atom stereocenters. The summed E-state index contributed by atoms with van der Waals surface area (Å²) in [5.41, 5.74) is 0.359. The third kappa shape index (κ3) is 3.31. The van der Waals surface area contributed by atoms with E-state index in [0.717, 1.165) is 10.8 Å². The zero-order chi connectivity index (χ0) is 9.26. The van der Waals surface area contributed by atoms with Crippen molar-refractivity contribution in [1.29, 1.82) is 0 Å². The molecule has 68 valence electrons. The Hall–Kier alpha value is 0.170. The molecule has 2 nitrogen and oxygen atoms in total. The molecule has 0 fully saturated rings. The van der Waals surface area contributed by atoms with E-state index in [1.165, 1.54) is 0 Å². The Balaban J connectivity index is 0.000000980. The Morgan fingerprint density at radius 3 is 2.20 bits per heavy atom. The van der Waals surface area contributed by atoms with Crippen LogP contribution in [-0.4, -0.2) is 70.2 Å². The minimum atomic E-state index is -0.878. The topological polar surface area (TPSA) is 37.3 Å². The molecule has 0 atom stereocenters. The summed E-state index contributed by atoms with van der Waals surface area (Å²) in [6.45, 7) is 0. The van der Waals surface area contributed by atoms with Gasteiger partial charge in [-0.25, -0.2) is 4.79 Å². The number of fused-ring (bicyclic) bond motifs is 1. The molecule has 0 saturated heterocycles. The van der Waals surface area contributed by atoms with Gasteiger partial charge in [0.25, 0.3) is 0 Å². The number of carboxylic acid groups (broad SMARTS) is 1. The summed E-state index contributed by atoms with van der Waals surface area (Å²) < 4.78 is 0. The fraction of sp³-hybridized carbons (Fsp3) is 0. The van der Waals surface area contributed by atoms with Gasteiger partial charge in [0.2, 0.25) is 0 Å². The molecule has 2 aromatic rings. The standard InChI is InChI=1S/C11H8O2.2Na.2H/c12-11(13)10-7-3-5-8-4-1-2-6-9(8)10;;;;/h1-7H,(H,12,13);;;;. The van der Waals surface area contributed by atoms with Gasteiger partial charge in [0, 0.05) is 0 Å². The summed E-state index contributed by atoms with van der Waals surface area (Å²) in [6, 6.07) is 12.7. The van der Waals surface area contributed by atoms with E-state index in [1.54, 1.807) is 12.1 Å². The fourth-order valence-electron chi connectivity index (χ4n) is 1.41. The van der Waals surface area contributed by atoms with Crippen LogP contribution in [0.1, 0.15) is 10.4 Å². The molecule has 4 heteroatoms. The van der Waals surface area contributed by atoms with Crippen molar-refractivity contribution in [2.45, 2.75) is 0 Å². The minimum absolute atomic E-state index is 0. The second-order valence-corrected chi connectivity index (χ2v) is 2.83. The van der Waals surface area contributed by atoms with Crippen molar-refractivity contribution in [3.8, 4) is 0 Å². The number of carbonyl (C=O) groups is 1. The number of benzene rings is 2. The first kappa shape index (κ1) is 15.2. The third-order valence-corrected chi connectivity index (χ3v) is 2.02. The Morgan fingerprint density at radius 1 is 0.933 bits per heavy atom. The molecule has 0 aromatic heterocycles. The monoisotopic (exact) mass is 220 g/mol. The zero-order valence-electron chi connectivity index (χ0n) is 6.90. The summed E-state index contributed by atoms with van der Waals surface area (Å²) in [6.07, 6.45) is 0. The van der Waals surface area contributed by atoms with Gasteiger partial charge in [-0.2, -0.15) is 0 Å². The molecule has 0 heterocycles. The first-order valence-electron chi connectivity index (χ1n) is 4.00. The van der Waals surface area contributed by atoms with Crippen LogP contribution in [0.25, 0.3) is 10.8 Å². The summed E-state index contributed by atoms with van der Waals surface area (Å²) in [5, 5.41) is 10.6. The van der Waals surface area contributed by atoms with E-state index in [1.807, 2.05) is 30.3 Å². The second kappa shape index (κ2) is 6.69. The Morgan fingerprint density at radius 2 is 1.53 bits per heavy atom. The van der Waals surface area contributed by atoms with Gasteiger partial charge >= 0.3 is 65.1 Å². The molecular formula is C11H10Na2O2. The average Bonchev–Trinajstić information content (AvgIpc) is 2.17. The first-order valence-corrected chi connectivity index (χ1v) is 4.00. The van der Waals surface area contributed by atoms with Crippen LogP contribution in [0.15, 0.2) is 42.5 Å². The van der Waals surface area contributed by atoms with Crippen LogP contribution >= 0.6 is 0 Å². The average molecular weight is 220 g/mol. The number of aromatic carboxylic acids is 1. The van der Waals surface area contributed by atoms with E-state index in [2.05, 4.69) is 0 Å².